The van der Waals surface area contributed by atoms with Gasteiger partial charge in [-0.05, 0) is 12.1 Å². The van der Waals surface area contributed by atoms with Crippen LogP contribution in [0.25, 0.3) is 0 Å². The van der Waals surface area contributed by atoms with Crippen LogP contribution < -0.4 is 5.32 Å². The lowest BCUT2D eigenvalue weighted by atomic mass is 10.3. The smallest absolute Gasteiger partial charge is 0.223 e. The molecule has 1 aromatic heterocycles. The maximum Gasteiger partial charge on any atom is 0.223 e. The first-order valence-corrected chi connectivity index (χ1v) is 5.39. The predicted octanol–water partition coefficient (Wildman–Crippen LogP) is 3.30. The highest BCUT2D eigenvalue weighted by Gasteiger charge is 2.07. The molecule has 0 amide bonds. The summed E-state index contributed by atoms with van der Waals surface area (Å²) in [7, 11) is 0. The number of aryl methyl sites for hydroxylation is 1. The van der Waals surface area contributed by atoms with Crippen molar-refractivity contribution in [3.8, 4) is 0 Å². The summed E-state index contributed by atoms with van der Waals surface area (Å²) in [4.78, 5) is 4.06. The molecule has 2 aromatic rings. The molecule has 2 rings (SSSR count). The van der Waals surface area contributed by atoms with Crippen LogP contribution in [-0.2, 0) is 6.54 Å². The van der Waals surface area contributed by atoms with Crippen LogP contribution in [0, 0.1) is 6.92 Å². The number of hydrogen-bond donors (Lipinski definition) is 1. The first kappa shape index (κ1) is 11.2. The van der Waals surface area contributed by atoms with Crippen molar-refractivity contribution in [3.05, 3.63) is 40.0 Å². The summed E-state index contributed by atoms with van der Waals surface area (Å²) in [5, 5.41) is 7.94. The standard InChI is InChI=1S/C10H9Cl2N3O/c1-6-14-9(15-16-6)5-13-10-7(11)3-2-4-8(10)12/h2-4,13H,5H2,1H3. The van der Waals surface area contributed by atoms with E-state index in [0.717, 1.165) is 0 Å². The molecule has 0 radical (unpaired) electrons. The van der Waals surface area contributed by atoms with Crippen molar-refractivity contribution in [2.45, 2.75) is 13.5 Å². The van der Waals surface area contributed by atoms with Gasteiger partial charge in [-0.3, -0.25) is 0 Å². The van der Waals surface area contributed by atoms with Gasteiger partial charge in [0.05, 0.1) is 22.3 Å². The zero-order valence-corrected chi connectivity index (χ0v) is 10.0. The highest BCUT2D eigenvalue weighted by Crippen LogP contribution is 2.29. The fourth-order valence-corrected chi connectivity index (χ4v) is 1.78. The van der Waals surface area contributed by atoms with Crippen molar-refractivity contribution in [2.24, 2.45) is 0 Å². The number of hydrogen-bond acceptors (Lipinski definition) is 4. The van der Waals surface area contributed by atoms with Crippen molar-refractivity contribution in [1.82, 2.24) is 10.1 Å². The molecule has 0 aliphatic carbocycles. The lowest BCUT2D eigenvalue weighted by Gasteiger charge is -2.07. The van der Waals surface area contributed by atoms with Crippen molar-refractivity contribution >= 4 is 28.9 Å². The Labute approximate surface area is 103 Å². The Balaban J connectivity index is 2.10. The second-order valence-corrected chi connectivity index (χ2v) is 3.99. The first-order chi connectivity index (χ1) is 7.66. The van der Waals surface area contributed by atoms with Crippen LogP contribution in [-0.4, -0.2) is 10.1 Å². The number of nitrogens with one attached hydrogen (secondary N) is 1. The van der Waals surface area contributed by atoms with Crippen LogP contribution in [0.1, 0.15) is 11.7 Å². The SMILES string of the molecule is Cc1nc(CNc2c(Cl)cccc2Cl)no1. The average molecular weight is 258 g/mol. The maximum absolute atomic E-state index is 5.99. The van der Waals surface area contributed by atoms with Gasteiger partial charge in [-0.2, -0.15) is 4.98 Å². The number of aromatic nitrogens is 2. The number of para-hydroxylation sites is 1. The van der Waals surface area contributed by atoms with Gasteiger partial charge in [0, 0.05) is 6.92 Å². The van der Waals surface area contributed by atoms with Gasteiger partial charge in [0.2, 0.25) is 5.89 Å². The number of benzene rings is 1. The highest BCUT2D eigenvalue weighted by molar-refractivity contribution is 6.39. The molecule has 0 saturated carbocycles. The molecule has 1 aromatic carbocycles. The van der Waals surface area contributed by atoms with Gasteiger partial charge in [0.25, 0.3) is 0 Å². The minimum Gasteiger partial charge on any atom is -0.375 e. The second kappa shape index (κ2) is 4.72. The van der Waals surface area contributed by atoms with E-state index in [0.29, 0.717) is 34.0 Å². The molecular weight excluding hydrogens is 249 g/mol. The summed E-state index contributed by atoms with van der Waals surface area (Å²) in [5.41, 5.74) is 0.674. The van der Waals surface area contributed by atoms with E-state index in [-0.39, 0.29) is 0 Å². The van der Waals surface area contributed by atoms with Gasteiger partial charge in [0.15, 0.2) is 5.82 Å². The van der Waals surface area contributed by atoms with Crippen LogP contribution in [0.3, 0.4) is 0 Å². The molecule has 6 heteroatoms. The van der Waals surface area contributed by atoms with E-state index in [2.05, 4.69) is 15.5 Å². The average Bonchev–Trinajstić information content (AvgIpc) is 2.63. The Bertz CT molecular complexity index is 478. The van der Waals surface area contributed by atoms with E-state index in [1.807, 2.05) is 0 Å². The van der Waals surface area contributed by atoms with E-state index in [9.17, 15) is 0 Å². The Kier molecular flexibility index (Phi) is 3.31. The minimum atomic E-state index is 0.417. The third kappa shape index (κ3) is 2.46. The topological polar surface area (TPSA) is 51.0 Å². The Morgan fingerprint density at radius 1 is 1.31 bits per heavy atom. The van der Waals surface area contributed by atoms with Crippen molar-refractivity contribution in [1.29, 1.82) is 0 Å². The second-order valence-electron chi connectivity index (χ2n) is 3.18. The molecule has 0 bridgehead atoms. The molecule has 0 atom stereocenters. The van der Waals surface area contributed by atoms with Crippen LogP contribution in [0.5, 0.6) is 0 Å². The normalized spacial score (nSPS) is 10.4. The van der Waals surface area contributed by atoms with Gasteiger partial charge in [0.1, 0.15) is 0 Å². The summed E-state index contributed by atoms with van der Waals surface area (Å²) < 4.78 is 4.85. The Morgan fingerprint density at radius 2 is 2.00 bits per heavy atom. The summed E-state index contributed by atoms with van der Waals surface area (Å²) in [6.07, 6.45) is 0. The molecule has 16 heavy (non-hydrogen) atoms. The van der Waals surface area contributed by atoms with E-state index in [4.69, 9.17) is 27.7 Å². The molecule has 1 heterocycles. The molecule has 4 nitrogen and oxygen atoms in total. The van der Waals surface area contributed by atoms with Gasteiger partial charge >= 0.3 is 0 Å². The third-order valence-corrected chi connectivity index (χ3v) is 2.59. The number of nitrogens with zero attached hydrogens (tertiary/aromatic N) is 2. The molecule has 84 valence electrons. The van der Waals surface area contributed by atoms with Crippen molar-refractivity contribution in [2.75, 3.05) is 5.32 Å². The van der Waals surface area contributed by atoms with Crippen LogP contribution in [0.15, 0.2) is 22.7 Å². The minimum absolute atomic E-state index is 0.417. The molecular formula is C10H9Cl2N3O. The summed E-state index contributed by atoms with van der Waals surface area (Å²) in [6.45, 7) is 2.15. The van der Waals surface area contributed by atoms with Gasteiger partial charge in [-0.1, -0.05) is 34.4 Å². The fraction of sp³-hybridized carbons (Fsp3) is 0.200. The lowest BCUT2D eigenvalue weighted by Crippen LogP contribution is -2.02. The summed E-state index contributed by atoms with van der Waals surface area (Å²) >= 11 is 12.0. The quantitative estimate of drug-likeness (QED) is 0.917. The van der Waals surface area contributed by atoms with Gasteiger partial charge in [-0.25, -0.2) is 0 Å². The van der Waals surface area contributed by atoms with Crippen molar-refractivity contribution < 1.29 is 4.52 Å². The predicted molar refractivity (Wildman–Crippen MR) is 62.8 cm³/mol. The van der Waals surface area contributed by atoms with E-state index >= 15 is 0 Å². The number of rotatable bonds is 3. The molecule has 1 N–H and O–H groups in total. The third-order valence-electron chi connectivity index (χ3n) is 1.96. The lowest BCUT2D eigenvalue weighted by molar-refractivity contribution is 0.388. The zero-order valence-electron chi connectivity index (χ0n) is 8.50. The van der Waals surface area contributed by atoms with Gasteiger partial charge in [-0.15, -0.1) is 0 Å². The molecule has 0 spiro atoms. The van der Waals surface area contributed by atoms with Gasteiger partial charge < -0.3 is 9.84 Å². The number of halogens is 2. The fourth-order valence-electron chi connectivity index (χ4n) is 1.25. The van der Waals surface area contributed by atoms with Crippen LogP contribution in [0.4, 0.5) is 5.69 Å². The van der Waals surface area contributed by atoms with Crippen LogP contribution >= 0.6 is 23.2 Å². The number of anilines is 1. The Morgan fingerprint density at radius 3 is 2.56 bits per heavy atom. The van der Waals surface area contributed by atoms with E-state index < -0.39 is 0 Å². The van der Waals surface area contributed by atoms with Crippen LogP contribution in [0.2, 0.25) is 10.0 Å². The molecule has 0 saturated heterocycles. The summed E-state index contributed by atoms with van der Waals surface area (Å²) in [6, 6.07) is 5.31. The monoisotopic (exact) mass is 257 g/mol. The highest BCUT2D eigenvalue weighted by atomic mass is 35.5. The molecule has 0 aliphatic heterocycles. The largest absolute Gasteiger partial charge is 0.375 e. The first-order valence-electron chi connectivity index (χ1n) is 4.64. The molecule has 0 fully saturated rings. The maximum atomic E-state index is 5.99. The molecule has 0 unspecified atom stereocenters. The Hall–Kier alpha value is -1.26. The van der Waals surface area contributed by atoms with Crippen molar-refractivity contribution in [3.63, 3.8) is 0 Å². The van der Waals surface area contributed by atoms with E-state index in [1.54, 1.807) is 25.1 Å². The van der Waals surface area contributed by atoms with E-state index in [1.165, 1.54) is 0 Å². The molecule has 0 aliphatic rings. The summed E-state index contributed by atoms with van der Waals surface area (Å²) in [5.74, 6) is 1.09. The zero-order chi connectivity index (χ0) is 11.5.